The molecule has 0 aliphatic carbocycles. The summed E-state index contributed by atoms with van der Waals surface area (Å²) in [5, 5.41) is -6.93. The predicted molar refractivity (Wildman–Crippen MR) is 208 cm³/mol. The fraction of sp³-hybridized carbons (Fsp3) is 0. The van der Waals surface area contributed by atoms with Gasteiger partial charge in [0, 0.05) is 0 Å². The summed E-state index contributed by atoms with van der Waals surface area (Å²) in [6, 6.07) is -24.9. The van der Waals surface area contributed by atoms with Crippen LogP contribution in [0.5, 0.6) is 0 Å². The van der Waals surface area contributed by atoms with Gasteiger partial charge in [-0.25, -0.2) is 0 Å². The van der Waals surface area contributed by atoms with Crippen LogP contribution >= 0.6 is 0 Å². The van der Waals surface area contributed by atoms with Crippen molar-refractivity contribution in [3.8, 4) is 33.4 Å². The monoisotopic (exact) mass is 632 g/mol. The Labute approximate surface area is 317 Å². The molecule has 0 N–H and O–H groups in total. The second-order valence-electron chi connectivity index (χ2n) is 11.0. The van der Waals surface area contributed by atoms with E-state index in [0.717, 1.165) is 0 Å². The van der Waals surface area contributed by atoms with E-state index in [9.17, 15) is 19.2 Å². The standard InChI is InChI=1S/C48H28/c1-2-12-37-35(7-1)27-36(38-23-19-33-17-15-29-8-5-10-31-21-25-42(38)47(33)45(29)31)28-44(37)40-14-4-3-13-39(40)41-24-20-34-18-16-30-9-6-11-32-22-26-43(41)48(34)46(30)32/h1-28H/i1D,2D,3D,4D,5D,6D,7D,8D,9D,10D,11D,12D,13D,14D,15D,16D,17D,18D,19D,20D,21D,22D,23D,24D,25D,26D,27D,28D. The topological polar surface area (TPSA) is 0 Å². The smallest absolute Gasteiger partial charge is 0.0616 e. The number of hydrogen-bond acceptors (Lipinski definition) is 0. The van der Waals surface area contributed by atoms with E-state index in [4.69, 9.17) is 19.2 Å². The lowest BCUT2D eigenvalue weighted by atomic mass is 9.85. The Hall–Kier alpha value is -6.24. The van der Waals surface area contributed by atoms with Crippen molar-refractivity contribution in [2.75, 3.05) is 0 Å². The molecule has 11 aromatic carbocycles. The van der Waals surface area contributed by atoms with Gasteiger partial charge in [-0.3, -0.25) is 0 Å². The third-order valence-corrected chi connectivity index (χ3v) is 8.50. The van der Waals surface area contributed by atoms with Crippen LogP contribution < -0.4 is 0 Å². The largest absolute Gasteiger partial charge is 0.0636 e. The SMILES string of the molecule is [2H]c1c([2H])c([2H])c(-c2c([2H])c([2H])c3c([2H])c([2H])c4c([2H])c([2H])c([2H])c5c([2H])c([2H])c2c3c45)c(-c2c([2H])c(-c3c([2H])c([2H])c4c([2H])c([2H])c5c([2H])c([2H])c([2H])c6c([2H])c([2H])c3c4c56)c([2H])c3c([2H])c([2H])c([2H])c([2H])c23)c1[2H]. The average molecular weight is 633 g/mol. The Bertz CT molecular complexity index is 4610. The molecule has 0 heteroatoms. The molecule has 0 spiro atoms. The highest BCUT2D eigenvalue weighted by atomic mass is 14.2. The molecule has 0 aromatic heterocycles. The van der Waals surface area contributed by atoms with Crippen LogP contribution in [0.2, 0.25) is 0 Å². The minimum Gasteiger partial charge on any atom is -0.0616 e. The van der Waals surface area contributed by atoms with Crippen LogP contribution in [0.1, 0.15) is 38.4 Å². The predicted octanol–water partition coefficient (Wildman–Crippen LogP) is 13.6. The second-order valence-corrected chi connectivity index (χ2v) is 11.0. The fourth-order valence-electron chi connectivity index (χ4n) is 6.44. The summed E-state index contributed by atoms with van der Waals surface area (Å²) in [7, 11) is 0. The summed E-state index contributed by atoms with van der Waals surface area (Å²) < 4.78 is 257. The molecule has 48 heavy (non-hydrogen) atoms. The van der Waals surface area contributed by atoms with Gasteiger partial charge in [-0.15, -0.1) is 0 Å². The van der Waals surface area contributed by atoms with Crippen molar-refractivity contribution < 1.29 is 38.4 Å². The third kappa shape index (κ3) is 3.55. The molecule has 220 valence electrons. The van der Waals surface area contributed by atoms with Crippen LogP contribution in [0.4, 0.5) is 0 Å². The van der Waals surface area contributed by atoms with Crippen LogP contribution in [-0.2, 0) is 0 Å². The molecule has 0 amide bonds. The molecule has 11 rings (SSSR count). The summed E-state index contributed by atoms with van der Waals surface area (Å²) in [5.41, 5.74) is -4.98. The highest BCUT2D eigenvalue weighted by Gasteiger charge is 2.18. The van der Waals surface area contributed by atoms with Gasteiger partial charge < -0.3 is 0 Å². The summed E-state index contributed by atoms with van der Waals surface area (Å²) in [5.74, 6) is 0. The van der Waals surface area contributed by atoms with Crippen LogP contribution in [0.3, 0.4) is 0 Å². The van der Waals surface area contributed by atoms with Gasteiger partial charge in [0.25, 0.3) is 0 Å². The molecule has 0 heterocycles. The zero-order valence-corrected chi connectivity index (χ0v) is 24.0. The minimum atomic E-state index is -1.10. The van der Waals surface area contributed by atoms with E-state index in [2.05, 4.69) is 0 Å². The summed E-state index contributed by atoms with van der Waals surface area (Å²) >= 11 is 0. The first-order valence-electron chi connectivity index (χ1n) is 28.5. The summed E-state index contributed by atoms with van der Waals surface area (Å²) in [6.45, 7) is 0. The normalized spacial score (nSPS) is 20.3. The van der Waals surface area contributed by atoms with E-state index in [-0.39, 0.29) is 21.5 Å². The minimum absolute atomic E-state index is 0.321. The van der Waals surface area contributed by atoms with Crippen LogP contribution in [0, 0.1) is 0 Å². The Kier molecular flexibility index (Phi) is 2.19. The zero-order valence-electron chi connectivity index (χ0n) is 52.0. The zero-order chi connectivity index (χ0) is 55.7. The lowest BCUT2D eigenvalue weighted by Gasteiger charge is -2.19. The lowest BCUT2D eigenvalue weighted by molar-refractivity contribution is 1.62. The molecule has 0 unspecified atom stereocenters. The molecule has 0 saturated heterocycles. The quantitative estimate of drug-likeness (QED) is 0.170. The van der Waals surface area contributed by atoms with E-state index in [1.165, 1.54) is 0 Å². The first-order valence-corrected chi connectivity index (χ1v) is 14.5. The van der Waals surface area contributed by atoms with Crippen molar-refractivity contribution in [1.29, 1.82) is 0 Å². The molecule has 0 fully saturated rings. The highest BCUT2D eigenvalue weighted by Crippen LogP contribution is 2.45. The van der Waals surface area contributed by atoms with Crippen molar-refractivity contribution in [2.24, 2.45) is 0 Å². The first-order chi connectivity index (χ1) is 35.5. The second kappa shape index (κ2) is 9.64. The molecule has 0 aliphatic rings. The summed E-state index contributed by atoms with van der Waals surface area (Å²) in [4.78, 5) is 0. The van der Waals surface area contributed by atoms with Gasteiger partial charge in [0.05, 0.1) is 38.4 Å². The molecule has 0 nitrogen and oxygen atoms in total. The maximum atomic E-state index is 10.2. The van der Waals surface area contributed by atoms with Gasteiger partial charge in [0.1, 0.15) is 0 Å². The van der Waals surface area contributed by atoms with Crippen molar-refractivity contribution in [1.82, 2.24) is 0 Å². The van der Waals surface area contributed by atoms with Gasteiger partial charge in [-0.1, -0.05) is 157 Å². The Morgan fingerprint density at radius 3 is 1.31 bits per heavy atom. The molecular formula is C48H28. The third-order valence-electron chi connectivity index (χ3n) is 8.50. The summed E-state index contributed by atoms with van der Waals surface area (Å²) in [6.07, 6.45) is 0. The van der Waals surface area contributed by atoms with Crippen molar-refractivity contribution in [3.05, 3.63) is 169 Å². The number of hydrogen-bond donors (Lipinski definition) is 0. The van der Waals surface area contributed by atoms with E-state index < -0.39 is 256 Å². The van der Waals surface area contributed by atoms with Gasteiger partial charge in [-0.2, -0.15) is 0 Å². The van der Waals surface area contributed by atoms with E-state index in [1.54, 1.807) is 0 Å². The number of fused-ring (bicyclic) bond motifs is 1. The Morgan fingerprint density at radius 1 is 0.250 bits per heavy atom. The van der Waals surface area contributed by atoms with Crippen LogP contribution in [0.25, 0.3) is 109 Å². The van der Waals surface area contributed by atoms with Crippen molar-refractivity contribution in [3.63, 3.8) is 0 Å². The van der Waals surface area contributed by atoms with E-state index >= 15 is 0 Å². The van der Waals surface area contributed by atoms with Crippen molar-refractivity contribution >= 4 is 75.4 Å². The fourth-order valence-corrected chi connectivity index (χ4v) is 6.44. The highest BCUT2D eigenvalue weighted by molar-refractivity contribution is 6.27. The Balaban J connectivity index is 1.44. The molecule has 0 saturated carbocycles. The molecule has 11 aromatic rings. The lowest BCUT2D eigenvalue weighted by Crippen LogP contribution is -1.92. The average Bonchev–Trinajstić information content (AvgIpc) is 3.39. The van der Waals surface area contributed by atoms with E-state index in [0.29, 0.717) is 0 Å². The van der Waals surface area contributed by atoms with Crippen molar-refractivity contribution in [2.45, 2.75) is 0 Å². The van der Waals surface area contributed by atoms with Gasteiger partial charge in [0.2, 0.25) is 0 Å². The number of rotatable bonds is 3. The molecule has 0 bridgehead atoms. The van der Waals surface area contributed by atoms with Gasteiger partial charge in [-0.05, 0) is 121 Å². The molecule has 0 radical (unpaired) electrons. The molecule has 0 atom stereocenters. The van der Waals surface area contributed by atoms with Gasteiger partial charge >= 0.3 is 0 Å². The molecular weight excluding hydrogens is 577 g/mol. The maximum absolute atomic E-state index is 10.2. The van der Waals surface area contributed by atoms with Crippen LogP contribution in [-0.4, -0.2) is 0 Å². The van der Waals surface area contributed by atoms with E-state index in [1.807, 2.05) is 0 Å². The molecule has 0 aliphatic heterocycles. The number of benzene rings is 11. The van der Waals surface area contributed by atoms with Crippen LogP contribution in [0.15, 0.2) is 169 Å². The Morgan fingerprint density at radius 2 is 0.688 bits per heavy atom. The first kappa shape index (κ1) is 10.9. The van der Waals surface area contributed by atoms with Gasteiger partial charge in [0.15, 0.2) is 0 Å². The maximum Gasteiger partial charge on any atom is 0.0636 e.